The van der Waals surface area contributed by atoms with Gasteiger partial charge in [0, 0.05) is 13.1 Å². The Morgan fingerprint density at radius 1 is 1.13 bits per heavy atom. The average Bonchev–Trinajstić information content (AvgIpc) is 2.82. The van der Waals surface area contributed by atoms with E-state index in [4.69, 9.17) is 14.7 Å². The molecule has 0 saturated carbocycles. The number of hydrogen-bond acceptors (Lipinski definition) is 5. The molecule has 2 heterocycles. The van der Waals surface area contributed by atoms with E-state index in [0.717, 1.165) is 48.2 Å². The fraction of sp³-hybridized carbons (Fsp3) is 0.400. The number of para-hydroxylation sites is 2. The van der Waals surface area contributed by atoms with Gasteiger partial charge in [0.15, 0.2) is 5.82 Å². The molecule has 0 radical (unpaired) electrons. The molecule has 1 fully saturated rings. The van der Waals surface area contributed by atoms with Crippen LogP contribution in [0.5, 0.6) is 5.88 Å². The first kappa shape index (κ1) is 21.1. The van der Waals surface area contributed by atoms with Gasteiger partial charge >= 0.3 is 0 Å². The summed E-state index contributed by atoms with van der Waals surface area (Å²) >= 11 is 0. The molecule has 6 heteroatoms. The van der Waals surface area contributed by atoms with E-state index in [9.17, 15) is 4.79 Å². The molecule has 0 spiro atoms. The zero-order chi connectivity index (χ0) is 21.6. The predicted molar refractivity (Wildman–Crippen MR) is 123 cm³/mol. The minimum atomic E-state index is -0.0905. The van der Waals surface area contributed by atoms with Gasteiger partial charge in [0.2, 0.25) is 5.91 Å². The lowest BCUT2D eigenvalue weighted by Crippen LogP contribution is -2.44. The van der Waals surface area contributed by atoms with Crippen LogP contribution in [0.4, 0.5) is 5.82 Å². The summed E-state index contributed by atoms with van der Waals surface area (Å²) in [5.74, 6) is 1.29. The van der Waals surface area contributed by atoms with Crippen LogP contribution in [-0.2, 0) is 4.79 Å². The van der Waals surface area contributed by atoms with Gasteiger partial charge in [0.1, 0.15) is 0 Å². The van der Waals surface area contributed by atoms with Gasteiger partial charge in [-0.25, -0.2) is 9.97 Å². The van der Waals surface area contributed by atoms with E-state index < -0.39 is 0 Å². The molecule has 1 saturated heterocycles. The van der Waals surface area contributed by atoms with E-state index >= 15 is 0 Å². The Bertz CT molecular complexity index is 1020. The SMILES string of the molecule is CCCOc1nc2ccccc2nc1N1CCC[C@@H](C(=O)N[C@@H](C)c2ccccc2)C1. The van der Waals surface area contributed by atoms with Crippen LogP contribution in [-0.4, -0.2) is 35.6 Å². The van der Waals surface area contributed by atoms with Gasteiger partial charge in [-0.2, -0.15) is 0 Å². The van der Waals surface area contributed by atoms with Gasteiger partial charge in [0.05, 0.1) is 29.6 Å². The number of benzene rings is 2. The first-order valence-electron chi connectivity index (χ1n) is 11.2. The highest BCUT2D eigenvalue weighted by Gasteiger charge is 2.29. The maximum absolute atomic E-state index is 13.0. The number of carbonyl (C=O) groups is 1. The van der Waals surface area contributed by atoms with Crippen LogP contribution in [0.25, 0.3) is 11.0 Å². The van der Waals surface area contributed by atoms with Crippen LogP contribution < -0.4 is 15.0 Å². The van der Waals surface area contributed by atoms with Gasteiger partial charge in [-0.15, -0.1) is 0 Å². The van der Waals surface area contributed by atoms with Crippen molar-refractivity contribution in [3.63, 3.8) is 0 Å². The second-order valence-corrected chi connectivity index (χ2v) is 8.12. The Hall–Kier alpha value is -3.15. The Balaban J connectivity index is 1.52. The van der Waals surface area contributed by atoms with Crippen molar-refractivity contribution in [1.29, 1.82) is 0 Å². The third kappa shape index (κ3) is 4.95. The summed E-state index contributed by atoms with van der Waals surface area (Å²) in [4.78, 5) is 24.8. The van der Waals surface area contributed by atoms with Crippen LogP contribution in [0.1, 0.15) is 44.7 Å². The molecule has 162 valence electrons. The molecule has 1 aliphatic rings. The zero-order valence-corrected chi connectivity index (χ0v) is 18.3. The van der Waals surface area contributed by atoms with Crippen LogP contribution in [0, 0.1) is 5.92 Å². The number of nitrogens with one attached hydrogen (secondary N) is 1. The lowest BCUT2D eigenvalue weighted by molar-refractivity contribution is -0.125. The molecule has 0 unspecified atom stereocenters. The van der Waals surface area contributed by atoms with E-state index in [1.807, 2.05) is 61.5 Å². The topological polar surface area (TPSA) is 67.4 Å². The predicted octanol–water partition coefficient (Wildman–Crippen LogP) is 4.51. The number of anilines is 1. The van der Waals surface area contributed by atoms with Crippen molar-refractivity contribution in [2.75, 3.05) is 24.6 Å². The third-order valence-corrected chi connectivity index (χ3v) is 5.71. The van der Waals surface area contributed by atoms with Crippen LogP contribution in [0.2, 0.25) is 0 Å². The molecule has 0 aliphatic carbocycles. The third-order valence-electron chi connectivity index (χ3n) is 5.71. The second kappa shape index (κ2) is 9.77. The number of nitrogens with zero attached hydrogens (tertiary/aromatic N) is 3. The molecule has 1 N–H and O–H groups in total. The molecule has 4 rings (SSSR count). The molecule has 1 aromatic heterocycles. The maximum atomic E-state index is 13.0. The number of ether oxygens (including phenoxy) is 1. The number of fused-ring (bicyclic) bond motifs is 1. The van der Waals surface area contributed by atoms with Crippen molar-refractivity contribution in [3.8, 4) is 5.88 Å². The van der Waals surface area contributed by atoms with Crippen molar-refractivity contribution >= 4 is 22.8 Å². The number of aromatic nitrogens is 2. The largest absolute Gasteiger partial charge is 0.475 e. The lowest BCUT2D eigenvalue weighted by Gasteiger charge is -2.34. The van der Waals surface area contributed by atoms with Gasteiger partial charge in [-0.1, -0.05) is 49.4 Å². The maximum Gasteiger partial charge on any atom is 0.258 e. The number of piperidine rings is 1. The van der Waals surface area contributed by atoms with Crippen molar-refractivity contribution < 1.29 is 9.53 Å². The van der Waals surface area contributed by atoms with E-state index in [1.165, 1.54) is 0 Å². The van der Waals surface area contributed by atoms with E-state index in [0.29, 0.717) is 19.0 Å². The molecular weight excluding hydrogens is 388 g/mol. The van der Waals surface area contributed by atoms with Crippen molar-refractivity contribution in [3.05, 3.63) is 60.2 Å². The number of hydrogen-bond donors (Lipinski definition) is 1. The molecule has 2 aromatic carbocycles. The standard InChI is InChI=1S/C25H30N4O2/c1-3-16-31-25-23(27-21-13-7-8-14-22(21)28-25)29-15-9-12-20(17-29)24(30)26-18(2)19-10-5-4-6-11-19/h4-8,10-11,13-14,18,20H,3,9,12,15-17H2,1-2H3,(H,26,30)/t18-,20+/m0/s1. The Morgan fingerprint density at radius 2 is 1.84 bits per heavy atom. The number of carbonyl (C=O) groups excluding carboxylic acids is 1. The van der Waals surface area contributed by atoms with Gasteiger partial charge in [0.25, 0.3) is 5.88 Å². The summed E-state index contributed by atoms with van der Waals surface area (Å²) in [5, 5.41) is 3.18. The van der Waals surface area contributed by atoms with E-state index in [1.54, 1.807) is 0 Å². The molecule has 6 nitrogen and oxygen atoms in total. The zero-order valence-electron chi connectivity index (χ0n) is 18.3. The van der Waals surface area contributed by atoms with Crippen LogP contribution in [0.15, 0.2) is 54.6 Å². The molecular formula is C25H30N4O2. The van der Waals surface area contributed by atoms with Gasteiger partial charge < -0.3 is 15.0 Å². The normalized spacial score (nSPS) is 17.4. The minimum absolute atomic E-state index is 0.0204. The smallest absolute Gasteiger partial charge is 0.258 e. The quantitative estimate of drug-likeness (QED) is 0.611. The minimum Gasteiger partial charge on any atom is -0.475 e. The van der Waals surface area contributed by atoms with Crippen LogP contribution in [0.3, 0.4) is 0 Å². The molecule has 31 heavy (non-hydrogen) atoms. The fourth-order valence-electron chi connectivity index (χ4n) is 4.02. The Labute approximate surface area is 183 Å². The summed E-state index contributed by atoms with van der Waals surface area (Å²) in [6.07, 6.45) is 2.70. The summed E-state index contributed by atoms with van der Waals surface area (Å²) in [6.45, 7) is 6.14. The first-order valence-corrected chi connectivity index (χ1v) is 11.2. The van der Waals surface area contributed by atoms with Crippen molar-refractivity contribution in [1.82, 2.24) is 15.3 Å². The summed E-state index contributed by atoms with van der Waals surface area (Å²) in [7, 11) is 0. The molecule has 0 bridgehead atoms. The highest BCUT2D eigenvalue weighted by atomic mass is 16.5. The fourth-order valence-corrected chi connectivity index (χ4v) is 4.02. The Morgan fingerprint density at radius 3 is 2.58 bits per heavy atom. The van der Waals surface area contributed by atoms with E-state index in [-0.39, 0.29) is 17.9 Å². The summed E-state index contributed by atoms with van der Waals surface area (Å²) in [6, 6.07) is 17.9. The summed E-state index contributed by atoms with van der Waals surface area (Å²) in [5.41, 5.74) is 2.77. The highest BCUT2D eigenvalue weighted by molar-refractivity contribution is 5.81. The monoisotopic (exact) mass is 418 g/mol. The first-order chi connectivity index (χ1) is 15.2. The van der Waals surface area contributed by atoms with Crippen molar-refractivity contribution in [2.45, 2.75) is 39.2 Å². The van der Waals surface area contributed by atoms with Gasteiger partial charge in [-0.05, 0) is 43.9 Å². The lowest BCUT2D eigenvalue weighted by atomic mass is 9.96. The van der Waals surface area contributed by atoms with Crippen LogP contribution >= 0.6 is 0 Å². The molecule has 1 amide bonds. The molecule has 2 atom stereocenters. The molecule has 1 aliphatic heterocycles. The molecule has 3 aromatic rings. The van der Waals surface area contributed by atoms with E-state index in [2.05, 4.69) is 17.1 Å². The second-order valence-electron chi connectivity index (χ2n) is 8.12. The Kier molecular flexibility index (Phi) is 6.65. The number of amides is 1. The summed E-state index contributed by atoms with van der Waals surface area (Å²) < 4.78 is 5.95. The van der Waals surface area contributed by atoms with Gasteiger partial charge in [-0.3, -0.25) is 4.79 Å². The highest BCUT2D eigenvalue weighted by Crippen LogP contribution is 2.31. The number of rotatable bonds is 7. The average molecular weight is 419 g/mol. The van der Waals surface area contributed by atoms with Crippen molar-refractivity contribution in [2.24, 2.45) is 5.92 Å².